The Kier molecular flexibility index (Phi) is 6.19. The maximum absolute atomic E-state index is 13.2. The summed E-state index contributed by atoms with van der Waals surface area (Å²) in [5.41, 5.74) is 1.62. The Labute approximate surface area is 173 Å². The Morgan fingerprint density at radius 2 is 1.93 bits per heavy atom. The summed E-state index contributed by atoms with van der Waals surface area (Å²) in [5, 5.41) is 4.51. The van der Waals surface area contributed by atoms with Crippen molar-refractivity contribution in [1.29, 1.82) is 0 Å². The van der Waals surface area contributed by atoms with Crippen LogP contribution in [0.1, 0.15) is 48.7 Å². The average Bonchev–Trinajstić information content (AvgIpc) is 3.41. The highest BCUT2D eigenvalue weighted by atomic mass is 16.5. The van der Waals surface area contributed by atoms with Gasteiger partial charge in [0.25, 0.3) is 5.91 Å². The summed E-state index contributed by atoms with van der Waals surface area (Å²) in [6.45, 7) is 8.61. The Morgan fingerprint density at radius 1 is 1.14 bits per heavy atom. The number of nitrogens with zero attached hydrogens (tertiary/aromatic N) is 4. The second kappa shape index (κ2) is 8.99. The minimum Gasteiger partial charge on any atom is -0.494 e. The van der Waals surface area contributed by atoms with Crippen LogP contribution in [0, 0.1) is 6.92 Å². The molecule has 3 heterocycles. The third kappa shape index (κ3) is 4.32. The van der Waals surface area contributed by atoms with Gasteiger partial charge in [-0.3, -0.25) is 14.4 Å². The van der Waals surface area contributed by atoms with Crippen LogP contribution in [-0.2, 0) is 6.54 Å². The molecule has 0 radical (unpaired) electrons. The summed E-state index contributed by atoms with van der Waals surface area (Å²) in [6, 6.07) is 10.8. The van der Waals surface area contributed by atoms with Crippen LogP contribution in [0.4, 0.5) is 0 Å². The molecule has 0 unspecified atom stereocenters. The number of hydrogen-bond donors (Lipinski definition) is 0. The topological polar surface area (TPSA) is 50.6 Å². The van der Waals surface area contributed by atoms with Crippen molar-refractivity contribution in [2.24, 2.45) is 0 Å². The Hall–Kier alpha value is -2.34. The maximum atomic E-state index is 13.2. The first-order valence-corrected chi connectivity index (χ1v) is 10.9. The van der Waals surface area contributed by atoms with E-state index < -0.39 is 0 Å². The van der Waals surface area contributed by atoms with Crippen molar-refractivity contribution in [3.05, 3.63) is 47.8 Å². The summed E-state index contributed by atoms with van der Waals surface area (Å²) >= 11 is 0. The largest absolute Gasteiger partial charge is 0.494 e. The van der Waals surface area contributed by atoms with E-state index in [2.05, 4.69) is 21.8 Å². The summed E-state index contributed by atoms with van der Waals surface area (Å²) in [7, 11) is 0. The van der Waals surface area contributed by atoms with E-state index >= 15 is 0 Å². The van der Waals surface area contributed by atoms with E-state index in [-0.39, 0.29) is 5.91 Å². The number of likely N-dealkylation sites (tertiary alicyclic amines) is 2. The van der Waals surface area contributed by atoms with Crippen molar-refractivity contribution in [3.8, 4) is 5.75 Å². The lowest BCUT2D eigenvalue weighted by atomic mass is 10.1. The van der Waals surface area contributed by atoms with Gasteiger partial charge >= 0.3 is 0 Å². The molecule has 2 aliphatic rings. The fourth-order valence-electron chi connectivity index (χ4n) is 4.81. The number of amides is 1. The summed E-state index contributed by atoms with van der Waals surface area (Å²) in [4.78, 5) is 17.8. The molecule has 29 heavy (non-hydrogen) atoms. The second-order valence-electron chi connectivity index (χ2n) is 8.15. The first-order valence-electron chi connectivity index (χ1n) is 10.9. The van der Waals surface area contributed by atoms with Gasteiger partial charge in [-0.05, 0) is 44.7 Å². The van der Waals surface area contributed by atoms with Crippen LogP contribution < -0.4 is 4.74 Å². The van der Waals surface area contributed by atoms with Gasteiger partial charge in [-0.2, -0.15) is 5.10 Å². The van der Waals surface area contributed by atoms with Gasteiger partial charge in [-0.25, -0.2) is 0 Å². The fourth-order valence-corrected chi connectivity index (χ4v) is 4.81. The van der Waals surface area contributed by atoms with Crippen LogP contribution in [0.5, 0.6) is 5.75 Å². The number of ether oxygens (including phenoxy) is 1. The van der Waals surface area contributed by atoms with E-state index in [0.29, 0.717) is 12.1 Å². The number of aryl methyl sites for hydroxylation is 2. The molecule has 0 saturated carbocycles. The standard InChI is InChI=1S/C23H32N4O2/c1-3-12-26-17-20(18(2)24-26)23(28)27-15-11-21-22(27)10-14-25(21)13-7-16-29-19-8-5-4-6-9-19/h4-6,8-9,17,21-22H,3,7,10-16H2,1-2H3/t21-,22-/m0/s1. The molecular weight excluding hydrogens is 364 g/mol. The molecule has 0 spiro atoms. The van der Waals surface area contributed by atoms with Crippen molar-refractivity contribution >= 4 is 5.91 Å². The van der Waals surface area contributed by atoms with Crippen molar-refractivity contribution in [3.63, 3.8) is 0 Å². The Morgan fingerprint density at radius 3 is 2.72 bits per heavy atom. The van der Waals surface area contributed by atoms with Crippen LogP contribution in [0.25, 0.3) is 0 Å². The summed E-state index contributed by atoms with van der Waals surface area (Å²) < 4.78 is 7.74. The molecule has 2 atom stereocenters. The molecular formula is C23H32N4O2. The van der Waals surface area contributed by atoms with Crippen molar-refractivity contribution in [1.82, 2.24) is 19.6 Å². The molecule has 0 N–H and O–H groups in total. The quantitative estimate of drug-likeness (QED) is 0.642. The summed E-state index contributed by atoms with van der Waals surface area (Å²) in [6.07, 6.45) is 6.10. The number of benzene rings is 1. The van der Waals surface area contributed by atoms with Gasteiger partial charge in [0.1, 0.15) is 5.75 Å². The maximum Gasteiger partial charge on any atom is 0.257 e. The van der Waals surface area contributed by atoms with E-state index in [1.165, 1.54) is 0 Å². The SMILES string of the molecule is CCCn1cc(C(=O)N2CC[C@H]3[C@@H]2CCN3CCCOc2ccccc2)c(C)n1. The van der Waals surface area contributed by atoms with Crippen LogP contribution in [0.2, 0.25) is 0 Å². The predicted molar refractivity (Wildman–Crippen MR) is 113 cm³/mol. The van der Waals surface area contributed by atoms with Gasteiger partial charge < -0.3 is 9.64 Å². The molecule has 2 saturated heterocycles. The molecule has 6 nitrogen and oxygen atoms in total. The normalized spacial score (nSPS) is 21.5. The first kappa shape index (κ1) is 20.0. The van der Waals surface area contributed by atoms with E-state index in [9.17, 15) is 4.79 Å². The second-order valence-corrected chi connectivity index (χ2v) is 8.15. The minimum absolute atomic E-state index is 0.159. The number of hydrogen-bond acceptors (Lipinski definition) is 4. The molecule has 6 heteroatoms. The van der Waals surface area contributed by atoms with Crippen LogP contribution in [-0.4, -0.2) is 63.8 Å². The number of para-hydroxylation sites is 1. The summed E-state index contributed by atoms with van der Waals surface area (Å²) in [5.74, 6) is 1.09. The number of rotatable bonds is 8. The highest BCUT2D eigenvalue weighted by molar-refractivity contribution is 5.95. The smallest absolute Gasteiger partial charge is 0.257 e. The molecule has 1 amide bonds. The molecule has 2 aromatic rings. The lowest BCUT2D eigenvalue weighted by Crippen LogP contribution is -2.40. The highest BCUT2D eigenvalue weighted by Gasteiger charge is 2.44. The molecule has 0 bridgehead atoms. The van der Waals surface area contributed by atoms with Gasteiger partial charge in [0.05, 0.1) is 17.9 Å². The third-order valence-electron chi connectivity index (χ3n) is 6.18. The third-order valence-corrected chi connectivity index (χ3v) is 6.18. The van der Waals surface area contributed by atoms with E-state index in [4.69, 9.17) is 4.74 Å². The van der Waals surface area contributed by atoms with Crippen molar-refractivity contribution < 1.29 is 9.53 Å². The molecule has 4 rings (SSSR count). The zero-order valence-corrected chi connectivity index (χ0v) is 17.6. The lowest BCUT2D eigenvalue weighted by Gasteiger charge is -2.25. The van der Waals surface area contributed by atoms with Gasteiger partial charge in [0, 0.05) is 44.5 Å². The number of fused-ring (bicyclic) bond motifs is 1. The molecule has 1 aromatic heterocycles. The zero-order valence-electron chi connectivity index (χ0n) is 17.6. The van der Waals surface area contributed by atoms with E-state index in [0.717, 1.165) is 75.5 Å². The molecule has 2 fully saturated rings. The monoisotopic (exact) mass is 396 g/mol. The zero-order chi connectivity index (χ0) is 20.2. The highest BCUT2D eigenvalue weighted by Crippen LogP contribution is 2.33. The Bertz CT molecular complexity index is 820. The molecule has 2 aliphatic heterocycles. The van der Waals surface area contributed by atoms with Crippen LogP contribution in [0.3, 0.4) is 0 Å². The van der Waals surface area contributed by atoms with Crippen molar-refractivity contribution in [2.45, 2.75) is 58.2 Å². The van der Waals surface area contributed by atoms with E-state index in [1.807, 2.05) is 48.1 Å². The fraction of sp³-hybridized carbons (Fsp3) is 0.565. The van der Waals surface area contributed by atoms with Gasteiger partial charge in [-0.15, -0.1) is 0 Å². The molecule has 0 aliphatic carbocycles. The minimum atomic E-state index is 0.159. The van der Waals surface area contributed by atoms with Gasteiger partial charge in [0.2, 0.25) is 0 Å². The van der Waals surface area contributed by atoms with Crippen molar-refractivity contribution in [2.75, 3.05) is 26.2 Å². The van der Waals surface area contributed by atoms with Gasteiger partial charge in [-0.1, -0.05) is 25.1 Å². The Balaban J connectivity index is 1.30. The van der Waals surface area contributed by atoms with Crippen LogP contribution in [0.15, 0.2) is 36.5 Å². The number of carbonyl (C=O) groups is 1. The van der Waals surface area contributed by atoms with Crippen LogP contribution >= 0.6 is 0 Å². The van der Waals surface area contributed by atoms with E-state index in [1.54, 1.807) is 0 Å². The number of aromatic nitrogens is 2. The number of carbonyl (C=O) groups excluding carboxylic acids is 1. The first-order chi connectivity index (χ1) is 14.2. The molecule has 156 valence electrons. The lowest BCUT2D eigenvalue weighted by molar-refractivity contribution is 0.0731. The average molecular weight is 397 g/mol. The predicted octanol–water partition coefficient (Wildman–Crippen LogP) is 3.36. The molecule has 1 aromatic carbocycles. The van der Waals surface area contributed by atoms with Gasteiger partial charge in [0.15, 0.2) is 0 Å².